The molecule has 0 bridgehead atoms. The lowest BCUT2D eigenvalue weighted by Crippen LogP contribution is -2.55. The lowest BCUT2D eigenvalue weighted by Gasteiger charge is -2.34. The molecule has 2 N–H and O–H groups in total. The van der Waals surface area contributed by atoms with Gasteiger partial charge in [-0.2, -0.15) is 5.10 Å². The first-order valence-corrected chi connectivity index (χ1v) is 7.26. The molecule has 21 heavy (non-hydrogen) atoms. The quantitative estimate of drug-likeness (QED) is 0.858. The molecule has 0 aromatic carbocycles. The molecule has 2 rings (SSSR count). The molecule has 0 spiro atoms. The summed E-state index contributed by atoms with van der Waals surface area (Å²) in [6, 6.07) is -0.313. The normalized spacial score (nSPS) is 21.5. The van der Waals surface area contributed by atoms with Gasteiger partial charge in [-0.1, -0.05) is 13.3 Å². The predicted octanol–water partition coefficient (Wildman–Crippen LogP) is 1.35. The fourth-order valence-corrected chi connectivity index (χ4v) is 3.01. The molecule has 0 radical (unpaired) electrons. The number of carboxylic acid groups (broad SMARTS) is 1. The van der Waals surface area contributed by atoms with Gasteiger partial charge >= 0.3 is 12.0 Å². The first-order chi connectivity index (χ1) is 9.99. The second-order valence-electron chi connectivity index (χ2n) is 5.52. The fraction of sp³-hybridized carbons (Fsp3) is 0.643. The van der Waals surface area contributed by atoms with Crippen LogP contribution >= 0.6 is 0 Å². The van der Waals surface area contributed by atoms with Crippen molar-refractivity contribution in [1.29, 1.82) is 0 Å². The van der Waals surface area contributed by atoms with Crippen LogP contribution in [-0.4, -0.2) is 43.9 Å². The van der Waals surface area contributed by atoms with E-state index in [1.165, 1.54) is 4.90 Å². The molecule has 0 aliphatic carbocycles. The highest BCUT2D eigenvalue weighted by molar-refractivity contribution is 5.87. The monoisotopic (exact) mass is 294 g/mol. The number of carbonyl (C=O) groups excluding carboxylic acids is 1. The molecule has 2 heterocycles. The second-order valence-corrected chi connectivity index (χ2v) is 5.52. The molecule has 7 heteroatoms. The molecular formula is C14H22N4O3. The van der Waals surface area contributed by atoms with E-state index in [9.17, 15) is 14.7 Å². The van der Waals surface area contributed by atoms with E-state index in [-0.39, 0.29) is 6.03 Å². The maximum absolute atomic E-state index is 12.3. The zero-order valence-corrected chi connectivity index (χ0v) is 12.5. The minimum atomic E-state index is -1.05. The molecule has 116 valence electrons. The predicted molar refractivity (Wildman–Crippen MR) is 76.7 cm³/mol. The summed E-state index contributed by atoms with van der Waals surface area (Å²) in [4.78, 5) is 25.5. The van der Waals surface area contributed by atoms with Crippen molar-refractivity contribution in [3.8, 4) is 0 Å². The maximum atomic E-state index is 12.3. The molecular weight excluding hydrogens is 272 g/mol. The highest BCUT2D eigenvalue weighted by Crippen LogP contribution is 2.34. The van der Waals surface area contributed by atoms with Gasteiger partial charge in [0.25, 0.3) is 0 Å². The summed E-state index contributed by atoms with van der Waals surface area (Å²) in [6.07, 6.45) is 5.98. The van der Waals surface area contributed by atoms with Crippen molar-refractivity contribution in [2.24, 2.45) is 7.05 Å². The van der Waals surface area contributed by atoms with Crippen LogP contribution in [0.4, 0.5) is 4.79 Å². The summed E-state index contributed by atoms with van der Waals surface area (Å²) in [6.45, 7) is 2.78. The molecule has 0 saturated carbocycles. The van der Waals surface area contributed by atoms with Gasteiger partial charge in [-0.3, -0.25) is 4.68 Å². The van der Waals surface area contributed by atoms with E-state index in [2.05, 4.69) is 10.4 Å². The van der Waals surface area contributed by atoms with Gasteiger partial charge in [0.1, 0.15) is 5.54 Å². The van der Waals surface area contributed by atoms with E-state index in [0.717, 1.165) is 18.4 Å². The lowest BCUT2D eigenvalue weighted by atomic mass is 9.91. The summed E-state index contributed by atoms with van der Waals surface area (Å²) in [5.41, 5.74) is -0.158. The van der Waals surface area contributed by atoms with Gasteiger partial charge < -0.3 is 15.3 Å². The molecule has 1 saturated heterocycles. The van der Waals surface area contributed by atoms with Crippen molar-refractivity contribution in [2.75, 3.05) is 6.54 Å². The smallest absolute Gasteiger partial charge is 0.329 e. The number of carbonyl (C=O) groups is 2. The van der Waals surface area contributed by atoms with Gasteiger partial charge in [-0.15, -0.1) is 0 Å². The van der Waals surface area contributed by atoms with E-state index >= 15 is 0 Å². The molecule has 1 fully saturated rings. The van der Waals surface area contributed by atoms with Crippen LogP contribution in [0.3, 0.4) is 0 Å². The minimum absolute atomic E-state index is 0.313. The second kappa shape index (κ2) is 6.15. The summed E-state index contributed by atoms with van der Waals surface area (Å²) in [7, 11) is 1.81. The number of carboxylic acids is 1. The summed E-state index contributed by atoms with van der Waals surface area (Å²) in [5, 5.41) is 16.4. The first kappa shape index (κ1) is 15.3. The van der Waals surface area contributed by atoms with Gasteiger partial charge in [0, 0.05) is 31.9 Å². The Morgan fingerprint density at radius 3 is 2.86 bits per heavy atom. The van der Waals surface area contributed by atoms with Gasteiger partial charge in [-0.25, -0.2) is 9.59 Å². The van der Waals surface area contributed by atoms with Crippen molar-refractivity contribution < 1.29 is 14.7 Å². The highest BCUT2D eigenvalue weighted by atomic mass is 16.4. The third kappa shape index (κ3) is 3.01. The third-order valence-electron chi connectivity index (χ3n) is 4.00. The number of likely N-dealkylation sites (tertiary alicyclic amines) is 1. The van der Waals surface area contributed by atoms with E-state index in [4.69, 9.17) is 0 Å². The standard InChI is InChI=1S/C14H22N4O3/c1-3-5-14(12(19)20)6-4-7-18(14)13(21)15-8-11-9-16-17(2)10-11/h9-10H,3-8H2,1-2H3,(H,15,21)(H,19,20). The maximum Gasteiger partial charge on any atom is 0.329 e. The van der Waals surface area contributed by atoms with Gasteiger partial charge in [0.05, 0.1) is 6.20 Å². The van der Waals surface area contributed by atoms with Crippen molar-refractivity contribution >= 4 is 12.0 Å². The minimum Gasteiger partial charge on any atom is -0.479 e. The summed E-state index contributed by atoms with van der Waals surface area (Å²) < 4.78 is 1.66. The van der Waals surface area contributed by atoms with Crippen LogP contribution in [0, 0.1) is 0 Å². The van der Waals surface area contributed by atoms with Crippen LogP contribution in [0.5, 0.6) is 0 Å². The highest BCUT2D eigenvalue weighted by Gasteiger charge is 2.49. The Kier molecular flexibility index (Phi) is 4.50. The number of aliphatic carboxylic acids is 1. The number of nitrogens with zero attached hydrogens (tertiary/aromatic N) is 3. The number of aryl methyl sites for hydroxylation is 1. The number of hydrogen-bond acceptors (Lipinski definition) is 3. The number of hydrogen-bond donors (Lipinski definition) is 2. The van der Waals surface area contributed by atoms with Crippen molar-refractivity contribution in [2.45, 2.75) is 44.7 Å². The van der Waals surface area contributed by atoms with Gasteiger partial charge in [0.15, 0.2) is 0 Å². The van der Waals surface area contributed by atoms with E-state index in [1.54, 1.807) is 10.9 Å². The Bertz CT molecular complexity index is 528. The molecule has 2 amide bonds. The van der Waals surface area contributed by atoms with Crippen molar-refractivity contribution in [1.82, 2.24) is 20.0 Å². The van der Waals surface area contributed by atoms with Crippen LogP contribution < -0.4 is 5.32 Å². The van der Waals surface area contributed by atoms with Crippen LogP contribution in [0.2, 0.25) is 0 Å². The zero-order valence-electron chi connectivity index (χ0n) is 12.5. The average molecular weight is 294 g/mol. The van der Waals surface area contributed by atoms with E-state index in [0.29, 0.717) is 25.9 Å². The Labute approximate surface area is 123 Å². The summed E-state index contributed by atoms with van der Waals surface area (Å²) >= 11 is 0. The third-order valence-corrected chi connectivity index (χ3v) is 4.00. The van der Waals surface area contributed by atoms with Crippen molar-refractivity contribution in [3.63, 3.8) is 0 Å². The van der Waals surface area contributed by atoms with E-state index < -0.39 is 11.5 Å². The molecule has 1 aliphatic rings. The first-order valence-electron chi connectivity index (χ1n) is 7.26. The Balaban J connectivity index is 2.04. The summed E-state index contributed by atoms with van der Waals surface area (Å²) in [5.74, 6) is -0.904. The van der Waals surface area contributed by atoms with Crippen LogP contribution in [-0.2, 0) is 18.4 Å². The fourth-order valence-electron chi connectivity index (χ4n) is 3.01. The average Bonchev–Trinajstić information content (AvgIpc) is 3.04. The Morgan fingerprint density at radius 1 is 1.52 bits per heavy atom. The molecule has 1 aromatic rings. The number of urea groups is 1. The Morgan fingerprint density at radius 2 is 2.29 bits per heavy atom. The molecule has 7 nitrogen and oxygen atoms in total. The number of rotatable bonds is 5. The van der Waals surface area contributed by atoms with Crippen LogP contribution in [0.1, 0.15) is 38.2 Å². The largest absolute Gasteiger partial charge is 0.479 e. The molecule has 1 unspecified atom stereocenters. The number of amides is 2. The number of aromatic nitrogens is 2. The van der Waals surface area contributed by atoms with Crippen molar-refractivity contribution in [3.05, 3.63) is 18.0 Å². The topological polar surface area (TPSA) is 87.5 Å². The van der Waals surface area contributed by atoms with Gasteiger partial charge in [0.2, 0.25) is 0 Å². The van der Waals surface area contributed by atoms with Crippen LogP contribution in [0.15, 0.2) is 12.4 Å². The lowest BCUT2D eigenvalue weighted by molar-refractivity contribution is -0.148. The van der Waals surface area contributed by atoms with Gasteiger partial charge in [-0.05, 0) is 19.3 Å². The molecule has 1 aliphatic heterocycles. The van der Waals surface area contributed by atoms with E-state index in [1.807, 2.05) is 20.2 Å². The molecule has 1 aromatic heterocycles. The SMILES string of the molecule is CCCC1(C(=O)O)CCCN1C(=O)NCc1cnn(C)c1. The number of nitrogens with one attached hydrogen (secondary N) is 1. The van der Waals surface area contributed by atoms with Crippen LogP contribution in [0.25, 0.3) is 0 Å². The zero-order chi connectivity index (χ0) is 15.5. The Hall–Kier alpha value is -2.05. The molecule has 1 atom stereocenters.